The molecule has 116 valence electrons. The summed E-state index contributed by atoms with van der Waals surface area (Å²) < 4.78 is 0. The summed E-state index contributed by atoms with van der Waals surface area (Å²) in [5, 5.41) is 0. The fraction of sp³-hybridized carbons (Fsp3) is 0.684. The molecule has 2 N–H and O–H groups in total. The predicted molar refractivity (Wildman–Crippen MR) is 89.1 cm³/mol. The Morgan fingerprint density at radius 2 is 1.81 bits per heavy atom. The average Bonchev–Trinajstić information content (AvgIpc) is 2.84. The quantitative estimate of drug-likeness (QED) is 0.918. The smallest absolute Gasteiger partial charge is 0.0233 e. The van der Waals surface area contributed by atoms with Gasteiger partial charge in [-0.2, -0.15) is 0 Å². The highest BCUT2D eigenvalue weighted by Gasteiger charge is 2.38. The standard InChI is InChI=1S/C19H30N2/c1-14(2)10-15-6-8-16(9-7-15)11-21-12-17-4-3-5-19(20)18(17)13-21/h6-9,14,17-19H,3-5,10-13,20H2,1-2H3. The Kier molecular flexibility index (Phi) is 4.66. The molecule has 1 aliphatic heterocycles. The van der Waals surface area contributed by atoms with Crippen LogP contribution < -0.4 is 5.73 Å². The molecule has 0 bridgehead atoms. The first-order chi connectivity index (χ1) is 10.1. The number of hydrogen-bond acceptors (Lipinski definition) is 2. The molecule has 0 amide bonds. The van der Waals surface area contributed by atoms with Crippen LogP contribution in [-0.2, 0) is 13.0 Å². The van der Waals surface area contributed by atoms with Crippen LogP contribution in [0.3, 0.4) is 0 Å². The minimum absolute atomic E-state index is 0.446. The zero-order chi connectivity index (χ0) is 14.8. The molecule has 2 aliphatic rings. The van der Waals surface area contributed by atoms with Crippen molar-refractivity contribution in [3.05, 3.63) is 35.4 Å². The van der Waals surface area contributed by atoms with E-state index in [2.05, 4.69) is 43.0 Å². The lowest BCUT2D eigenvalue weighted by molar-refractivity contribution is 0.259. The second-order valence-corrected chi connectivity index (χ2v) is 7.63. The summed E-state index contributed by atoms with van der Waals surface area (Å²) in [6.07, 6.45) is 5.14. The van der Waals surface area contributed by atoms with Gasteiger partial charge in [-0.05, 0) is 48.1 Å². The van der Waals surface area contributed by atoms with E-state index in [-0.39, 0.29) is 0 Å². The Hall–Kier alpha value is -0.860. The molecular formula is C19H30N2. The van der Waals surface area contributed by atoms with E-state index in [9.17, 15) is 0 Å². The van der Waals surface area contributed by atoms with Crippen LogP contribution in [0.1, 0.15) is 44.2 Å². The number of nitrogens with two attached hydrogens (primary N) is 1. The SMILES string of the molecule is CC(C)Cc1ccc(CN2CC3CCCC(N)C3C2)cc1. The minimum atomic E-state index is 0.446. The van der Waals surface area contributed by atoms with Crippen molar-refractivity contribution >= 4 is 0 Å². The largest absolute Gasteiger partial charge is 0.327 e. The second-order valence-electron chi connectivity index (χ2n) is 7.63. The first kappa shape index (κ1) is 15.1. The van der Waals surface area contributed by atoms with Gasteiger partial charge in [0.15, 0.2) is 0 Å². The summed E-state index contributed by atoms with van der Waals surface area (Å²) in [4.78, 5) is 2.62. The normalized spacial score (nSPS) is 29.8. The average molecular weight is 286 g/mol. The van der Waals surface area contributed by atoms with Crippen LogP contribution in [-0.4, -0.2) is 24.0 Å². The maximum Gasteiger partial charge on any atom is 0.0233 e. The number of fused-ring (bicyclic) bond motifs is 1. The van der Waals surface area contributed by atoms with E-state index >= 15 is 0 Å². The molecule has 1 saturated heterocycles. The van der Waals surface area contributed by atoms with E-state index in [0.717, 1.165) is 24.3 Å². The summed E-state index contributed by atoms with van der Waals surface area (Å²) in [5.74, 6) is 2.34. The van der Waals surface area contributed by atoms with Gasteiger partial charge in [-0.15, -0.1) is 0 Å². The van der Waals surface area contributed by atoms with Crippen LogP contribution in [0, 0.1) is 17.8 Å². The van der Waals surface area contributed by atoms with Crippen molar-refractivity contribution in [1.29, 1.82) is 0 Å². The van der Waals surface area contributed by atoms with Gasteiger partial charge in [-0.25, -0.2) is 0 Å². The van der Waals surface area contributed by atoms with Crippen molar-refractivity contribution in [2.75, 3.05) is 13.1 Å². The lowest BCUT2D eigenvalue weighted by atomic mass is 9.78. The third-order valence-corrected chi connectivity index (χ3v) is 5.30. The molecule has 1 heterocycles. The fourth-order valence-corrected chi connectivity index (χ4v) is 4.25. The van der Waals surface area contributed by atoms with Gasteiger partial charge in [0.05, 0.1) is 0 Å². The lowest BCUT2D eigenvalue weighted by Gasteiger charge is -2.29. The molecule has 2 fully saturated rings. The summed E-state index contributed by atoms with van der Waals surface area (Å²) in [5.41, 5.74) is 9.23. The Balaban J connectivity index is 1.57. The van der Waals surface area contributed by atoms with E-state index in [1.807, 2.05) is 0 Å². The first-order valence-electron chi connectivity index (χ1n) is 8.67. The van der Waals surface area contributed by atoms with E-state index < -0.39 is 0 Å². The third-order valence-electron chi connectivity index (χ3n) is 5.30. The van der Waals surface area contributed by atoms with Gasteiger partial charge >= 0.3 is 0 Å². The zero-order valence-electron chi connectivity index (χ0n) is 13.6. The molecule has 1 aromatic carbocycles. The van der Waals surface area contributed by atoms with E-state index in [4.69, 9.17) is 5.73 Å². The molecule has 1 aromatic rings. The van der Waals surface area contributed by atoms with Crippen molar-refractivity contribution in [2.45, 2.75) is 52.1 Å². The molecule has 0 aromatic heterocycles. The molecule has 2 heteroatoms. The third kappa shape index (κ3) is 3.67. The highest BCUT2D eigenvalue weighted by molar-refractivity contribution is 5.23. The number of rotatable bonds is 4. The maximum atomic E-state index is 6.32. The van der Waals surface area contributed by atoms with Gasteiger partial charge in [0.1, 0.15) is 0 Å². The lowest BCUT2D eigenvalue weighted by Crippen LogP contribution is -2.38. The zero-order valence-corrected chi connectivity index (χ0v) is 13.6. The van der Waals surface area contributed by atoms with Crippen molar-refractivity contribution in [1.82, 2.24) is 4.90 Å². The van der Waals surface area contributed by atoms with Gasteiger partial charge in [0.25, 0.3) is 0 Å². The summed E-state index contributed by atoms with van der Waals surface area (Å²) in [6, 6.07) is 9.70. The van der Waals surface area contributed by atoms with E-state index in [1.165, 1.54) is 49.9 Å². The number of hydrogen-bond donors (Lipinski definition) is 1. The fourth-order valence-electron chi connectivity index (χ4n) is 4.25. The van der Waals surface area contributed by atoms with Gasteiger partial charge < -0.3 is 5.73 Å². The minimum Gasteiger partial charge on any atom is -0.327 e. The summed E-state index contributed by atoms with van der Waals surface area (Å²) in [7, 11) is 0. The van der Waals surface area contributed by atoms with Crippen LogP contribution in [0.15, 0.2) is 24.3 Å². The Morgan fingerprint density at radius 3 is 2.48 bits per heavy atom. The number of likely N-dealkylation sites (tertiary alicyclic amines) is 1. The molecule has 3 atom stereocenters. The summed E-state index contributed by atoms with van der Waals surface area (Å²) in [6.45, 7) is 8.12. The van der Waals surface area contributed by atoms with Crippen molar-refractivity contribution in [3.63, 3.8) is 0 Å². The number of benzene rings is 1. The molecule has 0 spiro atoms. The highest BCUT2D eigenvalue weighted by atomic mass is 15.2. The number of nitrogens with zero attached hydrogens (tertiary/aromatic N) is 1. The van der Waals surface area contributed by atoms with Gasteiger partial charge in [0.2, 0.25) is 0 Å². The van der Waals surface area contributed by atoms with Crippen LogP contribution >= 0.6 is 0 Å². The molecule has 1 aliphatic carbocycles. The van der Waals surface area contributed by atoms with Gasteiger partial charge in [0, 0.05) is 25.7 Å². The summed E-state index contributed by atoms with van der Waals surface area (Å²) >= 11 is 0. The van der Waals surface area contributed by atoms with Crippen LogP contribution in [0.2, 0.25) is 0 Å². The molecule has 1 saturated carbocycles. The molecule has 21 heavy (non-hydrogen) atoms. The molecule has 3 unspecified atom stereocenters. The second kappa shape index (κ2) is 6.50. The van der Waals surface area contributed by atoms with E-state index in [0.29, 0.717) is 6.04 Å². The Bertz CT molecular complexity index is 451. The highest BCUT2D eigenvalue weighted by Crippen LogP contribution is 2.36. The van der Waals surface area contributed by atoms with Crippen molar-refractivity contribution in [3.8, 4) is 0 Å². The van der Waals surface area contributed by atoms with Crippen LogP contribution in [0.5, 0.6) is 0 Å². The van der Waals surface area contributed by atoms with E-state index in [1.54, 1.807) is 0 Å². The Labute approximate surface area is 129 Å². The van der Waals surface area contributed by atoms with Crippen LogP contribution in [0.25, 0.3) is 0 Å². The topological polar surface area (TPSA) is 29.3 Å². The van der Waals surface area contributed by atoms with Crippen molar-refractivity contribution < 1.29 is 0 Å². The molecule has 2 nitrogen and oxygen atoms in total. The monoisotopic (exact) mass is 286 g/mol. The maximum absolute atomic E-state index is 6.32. The molecular weight excluding hydrogens is 256 g/mol. The molecule has 3 rings (SSSR count). The Morgan fingerprint density at radius 1 is 1.10 bits per heavy atom. The predicted octanol–water partition coefficient (Wildman–Crippen LogP) is 3.44. The van der Waals surface area contributed by atoms with Gasteiger partial charge in [-0.3, -0.25) is 4.90 Å². The van der Waals surface area contributed by atoms with Crippen LogP contribution in [0.4, 0.5) is 0 Å². The first-order valence-corrected chi connectivity index (χ1v) is 8.67. The molecule has 0 radical (unpaired) electrons. The van der Waals surface area contributed by atoms with Gasteiger partial charge in [-0.1, -0.05) is 44.5 Å². The van der Waals surface area contributed by atoms with Crippen molar-refractivity contribution in [2.24, 2.45) is 23.5 Å².